The Morgan fingerprint density at radius 3 is 2.05 bits per heavy atom. The fourth-order valence-electron chi connectivity index (χ4n) is 3.66. The van der Waals surface area contributed by atoms with Crippen molar-refractivity contribution >= 4 is 0 Å². The van der Waals surface area contributed by atoms with Crippen LogP contribution in [-0.2, 0) is 0 Å². The van der Waals surface area contributed by atoms with Gasteiger partial charge in [0.1, 0.15) is 0 Å². The molecule has 0 aliphatic carbocycles. The standard InChI is InChI=1S/C17H34N2/c1-16(2,3)15-8-9-18(13-15)11-14-7-10-19(12-14)17(4,5)6/h14-15H,7-13H2,1-6H3. The van der Waals surface area contributed by atoms with Crippen LogP contribution >= 0.6 is 0 Å². The fraction of sp³-hybridized carbons (Fsp3) is 1.00. The molecule has 2 atom stereocenters. The van der Waals surface area contributed by atoms with Gasteiger partial charge in [-0.15, -0.1) is 0 Å². The molecule has 2 rings (SSSR count). The minimum Gasteiger partial charge on any atom is -0.303 e. The van der Waals surface area contributed by atoms with Crippen LogP contribution in [0.5, 0.6) is 0 Å². The number of hydrogen-bond acceptors (Lipinski definition) is 2. The molecule has 2 heteroatoms. The van der Waals surface area contributed by atoms with Gasteiger partial charge in [-0.1, -0.05) is 20.8 Å². The van der Waals surface area contributed by atoms with Crippen molar-refractivity contribution in [1.29, 1.82) is 0 Å². The van der Waals surface area contributed by atoms with E-state index in [2.05, 4.69) is 51.3 Å². The Morgan fingerprint density at radius 2 is 1.58 bits per heavy atom. The molecule has 0 aromatic heterocycles. The van der Waals surface area contributed by atoms with Gasteiger partial charge in [0.05, 0.1) is 0 Å². The van der Waals surface area contributed by atoms with Crippen LogP contribution in [0.25, 0.3) is 0 Å². The second-order valence-corrected chi connectivity index (χ2v) is 8.88. The van der Waals surface area contributed by atoms with E-state index in [9.17, 15) is 0 Å². The second-order valence-electron chi connectivity index (χ2n) is 8.88. The zero-order valence-corrected chi connectivity index (χ0v) is 14.0. The average Bonchev–Trinajstić information content (AvgIpc) is 2.84. The smallest absolute Gasteiger partial charge is 0.0125 e. The van der Waals surface area contributed by atoms with Gasteiger partial charge in [0, 0.05) is 25.2 Å². The number of likely N-dealkylation sites (tertiary alicyclic amines) is 2. The summed E-state index contributed by atoms with van der Waals surface area (Å²) in [6.45, 7) is 20.8. The monoisotopic (exact) mass is 266 g/mol. The Hall–Kier alpha value is -0.0800. The van der Waals surface area contributed by atoms with Gasteiger partial charge in [0.2, 0.25) is 0 Å². The zero-order chi connectivity index (χ0) is 14.3. The molecule has 0 saturated carbocycles. The quantitative estimate of drug-likeness (QED) is 0.755. The highest BCUT2D eigenvalue weighted by molar-refractivity contribution is 4.89. The lowest BCUT2D eigenvalue weighted by molar-refractivity contribution is 0.159. The molecular formula is C17H34N2. The molecule has 2 aliphatic rings. The van der Waals surface area contributed by atoms with Crippen LogP contribution in [0.3, 0.4) is 0 Å². The number of rotatable bonds is 2. The van der Waals surface area contributed by atoms with E-state index in [0.717, 1.165) is 11.8 Å². The first-order valence-electron chi connectivity index (χ1n) is 8.13. The first kappa shape index (κ1) is 15.3. The van der Waals surface area contributed by atoms with Crippen LogP contribution in [-0.4, -0.2) is 48.1 Å². The van der Waals surface area contributed by atoms with Gasteiger partial charge in [-0.25, -0.2) is 0 Å². The van der Waals surface area contributed by atoms with Crippen molar-refractivity contribution in [3.63, 3.8) is 0 Å². The highest BCUT2D eigenvalue weighted by atomic mass is 15.2. The van der Waals surface area contributed by atoms with Crippen molar-refractivity contribution in [2.45, 2.75) is 59.9 Å². The summed E-state index contributed by atoms with van der Waals surface area (Å²) in [4.78, 5) is 5.39. The Morgan fingerprint density at radius 1 is 0.895 bits per heavy atom. The van der Waals surface area contributed by atoms with Crippen molar-refractivity contribution in [3.8, 4) is 0 Å². The van der Waals surface area contributed by atoms with E-state index in [4.69, 9.17) is 0 Å². The molecule has 0 radical (unpaired) electrons. The summed E-state index contributed by atoms with van der Waals surface area (Å²) >= 11 is 0. The summed E-state index contributed by atoms with van der Waals surface area (Å²) in [6, 6.07) is 0. The van der Waals surface area contributed by atoms with Gasteiger partial charge in [-0.3, -0.25) is 4.90 Å². The van der Waals surface area contributed by atoms with Gasteiger partial charge in [-0.2, -0.15) is 0 Å². The van der Waals surface area contributed by atoms with Crippen LogP contribution in [0.4, 0.5) is 0 Å². The molecule has 0 N–H and O–H groups in total. The van der Waals surface area contributed by atoms with Crippen LogP contribution in [0, 0.1) is 17.3 Å². The third-order valence-corrected chi connectivity index (χ3v) is 5.25. The molecule has 0 amide bonds. The van der Waals surface area contributed by atoms with Gasteiger partial charge in [0.15, 0.2) is 0 Å². The summed E-state index contributed by atoms with van der Waals surface area (Å²) in [7, 11) is 0. The van der Waals surface area contributed by atoms with Gasteiger partial charge in [-0.05, 0) is 64.0 Å². The van der Waals surface area contributed by atoms with E-state index in [0.29, 0.717) is 11.0 Å². The largest absolute Gasteiger partial charge is 0.303 e. The van der Waals surface area contributed by atoms with Crippen LogP contribution < -0.4 is 0 Å². The molecule has 0 bridgehead atoms. The van der Waals surface area contributed by atoms with E-state index in [1.54, 1.807) is 0 Å². The summed E-state index contributed by atoms with van der Waals surface area (Å²) in [5.41, 5.74) is 0.843. The fourth-order valence-corrected chi connectivity index (χ4v) is 3.66. The lowest BCUT2D eigenvalue weighted by Crippen LogP contribution is -2.40. The van der Waals surface area contributed by atoms with Crippen molar-refractivity contribution in [3.05, 3.63) is 0 Å². The average molecular weight is 266 g/mol. The summed E-state index contributed by atoms with van der Waals surface area (Å²) < 4.78 is 0. The molecule has 0 aromatic carbocycles. The molecule has 0 spiro atoms. The second kappa shape index (κ2) is 5.37. The Kier molecular flexibility index (Phi) is 4.32. The van der Waals surface area contributed by atoms with Crippen molar-refractivity contribution in [1.82, 2.24) is 9.80 Å². The SMILES string of the molecule is CC(C)(C)C1CCN(CC2CCN(C(C)(C)C)C2)C1. The van der Waals surface area contributed by atoms with E-state index < -0.39 is 0 Å². The molecule has 0 aromatic rings. The third kappa shape index (κ3) is 3.95. The Balaban J connectivity index is 1.78. The number of nitrogens with zero attached hydrogens (tertiary/aromatic N) is 2. The molecule has 2 unspecified atom stereocenters. The van der Waals surface area contributed by atoms with Crippen molar-refractivity contribution in [2.75, 3.05) is 32.7 Å². The molecule has 2 fully saturated rings. The van der Waals surface area contributed by atoms with E-state index in [1.807, 2.05) is 0 Å². The summed E-state index contributed by atoms with van der Waals surface area (Å²) in [5, 5.41) is 0. The highest BCUT2D eigenvalue weighted by Gasteiger charge is 2.35. The van der Waals surface area contributed by atoms with E-state index in [1.165, 1.54) is 45.6 Å². The summed E-state index contributed by atoms with van der Waals surface area (Å²) in [6.07, 6.45) is 2.80. The molecule has 2 heterocycles. The predicted molar refractivity (Wildman–Crippen MR) is 83.4 cm³/mol. The lowest BCUT2D eigenvalue weighted by Gasteiger charge is -2.32. The summed E-state index contributed by atoms with van der Waals surface area (Å²) in [5.74, 6) is 1.80. The first-order chi connectivity index (χ1) is 8.66. The van der Waals surface area contributed by atoms with Crippen molar-refractivity contribution in [2.24, 2.45) is 17.3 Å². The maximum Gasteiger partial charge on any atom is 0.0125 e. The van der Waals surface area contributed by atoms with Crippen LogP contribution in [0.15, 0.2) is 0 Å². The van der Waals surface area contributed by atoms with Crippen molar-refractivity contribution < 1.29 is 0 Å². The Bertz CT molecular complexity index is 267. The van der Waals surface area contributed by atoms with E-state index in [-0.39, 0.29) is 0 Å². The van der Waals surface area contributed by atoms with Gasteiger partial charge in [0.25, 0.3) is 0 Å². The van der Waals surface area contributed by atoms with Crippen LogP contribution in [0.1, 0.15) is 54.4 Å². The topological polar surface area (TPSA) is 6.48 Å². The normalized spacial score (nSPS) is 31.3. The highest BCUT2D eigenvalue weighted by Crippen LogP contribution is 2.34. The van der Waals surface area contributed by atoms with Crippen LogP contribution in [0.2, 0.25) is 0 Å². The Labute approximate surface area is 120 Å². The molecule has 19 heavy (non-hydrogen) atoms. The maximum atomic E-state index is 2.73. The maximum absolute atomic E-state index is 2.73. The van der Waals surface area contributed by atoms with Gasteiger partial charge >= 0.3 is 0 Å². The molecular weight excluding hydrogens is 232 g/mol. The van der Waals surface area contributed by atoms with Gasteiger partial charge < -0.3 is 4.90 Å². The molecule has 2 nitrogen and oxygen atoms in total. The minimum atomic E-state index is 0.355. The molecule has 2 saturated heterocycles. The lowest BCUT2D eigenvalue weighted by atomic mass is 9.80. The predicted octanol–water partition coefficient (Wildman–Crippen LogP) is 3.47. The first-order valence-corrected chi connectivity index (χ1v) is 8.13. The third-order valence-electron chi connectivity index (χ3n) is 5.25. The minimum absolute atomic E-state index is 0.355. The molecule has 112 valence electrons. The number of hydrogen-bond donors (Lipinski definition) is 0. The van der Waals surface area contributed by atoms with E-state index >= 15 is 0 Å². The zero-order valence-electron chi connectivity index (χ0n) is 14.0. The molecule has 2 aliphatic heterocycles.